The third-order valence-corrected chi connectivity index (χ3v) is 27.2. The quantitative estimate of drug-likeness (QED) is 0.0557. The van der Waals surface area contributed by atoms with Gasteiger partial charge in [0.05, 0.1) is 72.9 Å². The Kier molecular flexibility index (Phi) is 18.4. The van der Waals surface area contributed by atoms with Gasteiger partial charge in [-0.3, -0.25) is 0 Å². The summed E-state index contributed by atoms with van der Waals surface area (Å²) in [5.74, 6) is -2.85. The van der Waals surface area contributed by atoms with Crippen molar-refractivity contribution in [3.05, 3.63) is 528 Å². The third kappa shape index (κ3) is 16.5. The van der Waals surface area contributed by atoms with E-state index in [1.54, 1.807) is 84.9 Å². The van der Waals surface area contributed by atoms with Crippen molar-refractivity contribution in [2.24, 2.45) is 0 Å². The van der Waals surface area contributed by atoms with Crippen LogP contribution in [0.4, 0.5) is 85.8 Å². The zero-order chi connectivity index (χ0) is 115. The molecule has 0 heterocycles. The maximum Gasteiger partial charge on any atom is 0.155 e. The Morgan fingerprint density at radius 2 is 0.361 bits per heavy atom. The van der Waals surface area contributed by atoms with E-state index >= 15 is 17.6 Å². The predicted octanol–water partition coefficient (Wildman–Crippen LogP) is 39.4. The summed E-state index contributed by atoms with van der Waals surface area (Å²) in [4.78, 5) is 5.76. The van der Waals surface area contributed by atoms with E-state index in [-0.39, 0.29) is 90.5 Å². The van der Waals surface area contributed by atoms with Crippen LogP contribution in [0.1, 0.15) is 71.9 Å². The van der Waals surface area contributed by atoms with E-state index in [2.05, 4.69) is 0 Å². The van der Waals surface area contributed by atoms with Gasteiger partial charge < -0.3 is 19.6 Å². The Labute approximate surface area is 865 Å². The Morgan fingerprint density at radius 1 is 0.174 bits per heavy atom. The molecule has 8 heteroatoms. The average Bonchev–Trinajstić information content (AvgIpc) is 0.707. The fourth-order valence-corrected chi connectivity index (χ4v) is 20.3. The van der Waals surface area contributed by atoms with Crippen molar-refractivity contribution in [2.45, 2.75) is 55.4 Å². The summed E-state index contributed by atoms with van der Waals surface area (Å²) in [6.45, 7) is 15.4. The minimum atomic E-state index is -0.713. The minimum absolute atomic E-state index is 0.0705. The molecule has 0 aromatic heterocycles. The zero-order valence-electron chi connectivity index (χ0n) is 99.6. The van der Waals surface area contributed by atoms with Gasteiger partial charge >= 0.3 is 0 Å². The van der Waals surface area contributed by atoms with Crippen LogP contribution in [-0.2, 0) is 0 Å². The molecule has 0 spiro atoms. The van der Waals surface area contributed by atoms with Crippen LogP contribution in [0.3, 0.4) is 0 Å². The lowest BCUT2D eigenvalue weighted by atomic mass is 9.90. The van der Waals surface area contributed by atoms with E-state index in [0.29, 0.717) is 131 Å². The van der Waals surface area contributed by atoms with E-state index < -0.39 is 144 Å². The SMILES string of the molecule is [2H]c1c([2H])c([2H])c(N(c2c(-c3ccc(C)cc3)ccc(-c3ccc(C)cc3)c2F)c2ccc3ccc4c(N(c5c([2H])c([2H])c([2H])c([2H])c5[2H])c5c(-c6ccc(C)cc6)ccc(-c6ccc(C)cc6)c5F)ccc5ccc2c3c54)c([2H])c1[2H].[2H]c1c([2H])c([2H])c(N(c2c(-c3cccc(C)c3)ccc(-c3cccc(C)c3)c2F)c2ccc3ccc4c(N(c5c([2H])c([2H])c([2H])c([2H])c5[2H])c5c(-c6cccc(C)c6)ccc(-c6cccc(C)c6)c5F)ccc5ccc2c3c54)c([2H])c1[2H]. The van der Waals surface area contributed by atoms with Crippen LogP contribution < -0.4 is 19.6 Å². The molecular formula is C136H100F4N4. The van der Waals surface area contributed by atoms with Crippen LogP contribution in [0, 0.1) is 78.7 Å². The number of nitrogens with zero attached hydrogens (tertiary/aromatic N) is 4. The highest BCUT2D eigenvalue weighted by molar-refractivity contribution is 6.30. The van der Waals surface area contributed by atoms with Gasteiger partial charge in [0, 0.05) is 88.8 Å². The molecule has 0 saturated carbocycles. The molecule has 144 heavy (non-hydrogen) atoms. The van der Waals surface area contributed by atoms with Crippen molar-refractivity contribution < 1.29 is 45.0 Å². The highest BCUT2D eigenvalue weighted by Crippen LogP contribution is 2.57. The summed E-state index contributed by atoms with van der Waals surface area (Å²) in [7, 11) is 0. The molecule has 4 nitrogen and oxygen atoms in total. The molecule has 0 aliphatic carbocycles. The monoisotopic (exact) mass is 1880 g/mol. The zero-order valence-corrected chi connectivity index (χ0v) is 79.6. The molecule has 692 valence electrons. The Hall–Kier alpha value is -17.7. The number of rotatable bonds is 20. The lowest BCUT2D eigenvalue weighted by Crippen LogP contribution is -2.15. The number of aryl methyl sites for hydroxylation is 8. The van der Waals surface area contributed by atoms with E-state index in [4.69, 9.17) is 16.4 Å². The van der Waals surface area contributed by atoms with Gasteiger partial charge in [0.1, 0.15) is 0 Å². The van der Waals surface area contributed by atoms with E-state index in [1.807, 2.05) is 310 Å². The number of hydrogen-bond donors (Lipinski definition) is 0. The molecule has 0 bridgehead atoms. The van der Waals surface area contributed by atoms with Crippen molar-refractivity contribution in [3.8, 4) is 89.0 Å². The number of benzene rings is 24. The number of para-hydroxylation sites is 4. The van der Waals surface area contributed by atoms with Crippen molar-refractivity contribution >= 4 is 133 Å². The van der Waals surface area contributed by atoms with Gasteiger partial charge in [-0.05, 0) is 216 Å². The fraction of sp³-hybridized carbons (Fsp3) is 0.0588. The maximum absolute atomic E-state index is 18.7. The lowest BCUT2D eigenvalue weighted by molar-refractivity contribution is 0.632. The minimum Gasteiger partial charge on any atom is -0.307 e. The molecule has 0 radical (unpaired) electrons. The van der Waals surface area contributed by atoms with Crippen LogP contribution in [0.5, 0.6) is 0 Å². The first kappa shape index (κ1) is 70.0. The Bertz CT molecular complexity index is 9680. The molecule has 24 rings (SSSR count). The summed E-state index contributed by atoms with van der Waals surface area (Å²) >= 11 is 0. The third-order valence-electron chi connectivity index (χ3n) is 27.2. The second kappa shape index (κ2) is 37.8. The van der Waals surface area contributed by atoms with Crippen LogP contribution >= 0.6 is 0 Å². The molecule has 0 N–H and O–H groups in total. The molecule has 24 aromatic carbocycles. The maximum atomic E-state index is 18.7. The lowest BCUT2D eigenvalue weighted by Gasteiger charge is -2.32. The van der Waals surface area contributed by atoms with Crippen molar-refractivity contribution in [3.63, 3.8) is 0 Å². The molecule has 0 aliphatic heterocycles. The first-order valence-electron chi connectivity index (χ1n) is 57.4. The molecule has 0 saturated heterocycles. The first-order valence-corrected chi connectivity index (χ1v) is 47.4. The van der Waals surface area contributed by atoms with Gasteiger partial charge in [0.25, 0.3) is 0 Å². The number of halogens is 4. The van der Waals surface area contributed by atoms with Crippen molar-refractivity contribution in [2.75, 3.05) is 19.6 Å². The van der Waals surface area contributed by atoms with Gasteiger partial charge in [0.15, 0.2) is 23.3 Å². The predicted molar refractivity (Wildman–Crippen MR) is 600 cm³/mol. The van der Waals surface area contributed by atoms with E-state index in [0.717, 1.165) is 44.5 Å². The van der Waals surface area contributed by atoms with E-state index in [1.165, 1.54) is 19.6 Å². The molecule has 0 amide bonds. The highest BCUT2D eigenvalue weighted by Gasteiger charge is 2.34. The topological polar surface area (TPSA) is 13.0 Å². The second-order valence-electron chi connectivity index (χ2n) is 36.7. The van der Waals surface area contributed by atoms with Crippen LogP contribution in [0.2, 0.25) is 0 Å². The summed E-state index contributed by atoms with van der Waals surface area (Å²) in [6.07, 6.45) is 0. The molecule has 0 unspecified atom stereocenters. The first-order chi connectivity index (χ1) is 78.7. The standard InChI is InChI=1S/2C68H50F2N2/c1-43-15-11-19-49(39-43)55-33-35-57(51-21-13-17-45(3)41-51)67(65(55)69)71(53-23-7-5-8-24-53)61-37-29-47-28-32-60-62(38-30-48-27-31-59(61)63(47)64(48)60)72(54-25-9-6-10-26-54)68-58(52-22-14-18-46(4)42-52)36-34-56(66(68)70)50-20-12-16-44(2)40-50;1-43-15-23-47(24-16-43)55-37-39-57(49-27-19-45(3)20-28-49)67(65(55)69)71(53-11-7-5-8-12-53)61-41-33-51-32-36-60-62(42-34-52-31-35-59(61)63(51)64(52)60)72(54-13-9-6-10-14-54)68-58(50-29-21-46(4)22-30-50)40-38-56(66(68)70)48-25-17-44(2)18-26-48/h2*5-42H,1-4H3/i5D,6D,7D,8D,9D,10D,23D,24D,25D,26D;5D,6D,7D,8D,9D,10D,11D,12D,13D,14D. The molecule has 0 fully saturated rings. The Morgan fingerprint density at radius 3 is 0.583 bits per heavy atom. The van der Waals surface area contributed by atoms with Crippen LogP contribution in [0.25, 0.3) is 154 Å². The number of anilines is 12. The largest absolute Gasteiger partial charge is 0.307 e. The highest BCUT2D eigenvalue weighted by atomic mass is 19.1. The van der Waals surface area contributed by atoms with Crippen LogP contribution in [0.15, 0.2) is 461 Å². The van der Waals surface area contributed by atoms with Crippen molar-refractivity contribution in [1.82, 2.24) is 0 Å². The van der Waals surface area contributed by atoms with Gasteiger partial charge in [-0.2, -0.15) is 0 Å². The summed E-state index contributed by atoms with van der Waals surface area (Å²) in [5, 5.41) is 7.15. The summed E-state index contributed by atoms with van der Waals surface area (Å²) < 4.78 is 258. The second-order valence-corrected chi connectivity index (χ2v) is 36.7. The average molecular weight is 1890 g/mol. The van der Waals surface area contributed by atoms with Gasteiger partial charge in [-0.15, -0.1) is 0 Å². The Balaban J connectivity index is 0.000000176. The van der Waals surface area contributed by atoms with Gasteiger partial charge in [-0.1, -0.05) is 432 Å². The summed E-state index contributed by atoms with van der Waals surface area (Å²) in [6, 6.07) is 90.7. The smallest absolute Gasteiger partial charge is 0.155 e. The number of hydrogen-bond acceptors (Lipinski definition) is 4. The summed E-state index contributed by atoms with van der Waals surface area (Å²) in [5.41, 5.74) is 14.0. The van der Waals surface area contributed by atoms with Crippen molar-refractivity contribution in [1.29, 1.82) is 0 Å². The normalized spacial score (nSPS) is 13.4. The fourth-order valence-electron chi connectivity index (χ4n) is 20.3. The molecular weight excluding hydrogens is 1770 g/mol. The van der Waals surface area contributed by atoms with Gasteiger partial charge in [-0.25, -0.2) is 17.6 Å². The molecule has 0 atom stereocenters. The van der Waals surface area contributed by atoms with Gasteiger partial charge in [0.2, 0.25) is 0 Å². The van der Waals surface area contributed by atoms with E-state index in [9.17, 15) is 11.0 Å². The van der Waals surface area contributed by atoms with Crippen LogP contribution in [-0.4, -0.2) is 0 Å². The molecule has 24 aromatic rings. The molecule has 0 aliphatic rings.